The van der Waals surface area contributed by atoms with Crippen LogP contribution >= 0.6 is 22.9 Å². The molecule has 2 N–H and O–H groups in total. The van der Waals surface area contributed by atoms with Gasteiger partial charge in [0.05, 0.1) is 5.56 Å². The lowest BCUT2D eigenvalue weighted by Gasteiger charge is -2.34. The van der Waals surface area contributed by atoms with Crippen LogP contribution in [-0.4, -0.2) is 29.2 Å². The number of rotatable bonds is 6. The number of fused-ring (bicyclic) bond motifs is 4. The van der Waals surface area contributed by atoms with Crippen LogP contribution in [0.3, 0.4) is 0 Å². The summed E-state index contributed by atoms with van der Waals surface area (Å²) < 4.78 is 0. The predicted molar refractivity (Wildman–Crippen MR) is 109 cm³/mol. The molecule has 0 spiro atoms. The maximum Gasteiger partial charge on any atom is 0.250 e. The van der Waals surface area contributed by atoms with Gasteiger partial charge < -0.3 is 5.73 Å². The van der Waals surface area contributed by atoms with Crippen LogP contribution in [0.25, 0.3) is 0 Å². The van der Waals surface area contributed by atoms with Gasteiger partial charge in [-0.3, -0.25) is 14.5 Å². The van der Waals surface area contributed by atoms with E-state index in [2.05, 4.69) is 11.8 Å². The minimum absolute atomic E-state index is 0.0935. The molecule has 142 valence electrons. The number of carbonyl (C=O) groups is 2. The van der Waals surface area contributed by atoms with E-state index in [9.17, 15) is 9.59 Å². The van der Waals surface area contributed by atoms with Crippen LogP contribution < -0.4 is 5.73 Å². The van der Waals surface area contributed by atoms with Crippen LogP contribution in [0.15, 0.2) is 24.3 Å². The van der Waals surface area contributed by atoms with Crippen molar-refractivity contribution in [3.8, 4) is 0 Å². The molecular formula is C21H23ClN2O2S. The van der Waals surface area contributed by atoms with Crippen LogP contribution in [0.5, 0.6) is 0 Å². The van der Waals surface area contributed by atoms with E-state index < -0.39 is 5.91 Å². The van der Waals surface area contributed by atoms with E-state index in [4.69, 9.17) is 17.3 Å². The first kappa shape index (κ1) is 18.7. The first-order valence-corrected chi connectivity index (χ1v) is 10.6. The van der Waals surface area contributed by atoms with Crippen LogP contribution in [0.4, 0.5) is 0 Å². The number of primary amides is 1. The van der Waals surface area contributed by atoms with Gasteiger partial charge in [0.2, 0.25) is 5.91 Å². The van der Waals surface area contributed by atoms with Crippen molar-refractivity contribution in [3.05, 3.63) is 55.7 Å². The molecule has 6 heteroatoms. The number of thiophene rings is 1. The Balaban J connectivity index is 1.61. The highest BCUT2D eigenvalue weighted by molar-refractivity contribution is 7.12. The second-order valence-electron chi connectivity index (χ2n) is 7.40. The number of benzene rings is 1. The third-order valence-corrected chi connectivity index (χ3v) is 7.26. The van der Waals surface area contributed by atoms with Crippen molar-refractivity contribution < 1.29 is 9.59 Å². The molecule has 2 aromatic rings. The zero-order chi connectivity index (χ0) is 19.1. The highest BCUT2D eigenvalue weighted by Crippen LogP contribution is 2.48. The third-order valence-electron chi connectivity index (χ3n) is 5.78. The molecule has 2 atom stereocenters. The van der Waals surface area contributed by atoms with Crippen molar-refractivity contribution >= 4 is 34.6 Å². The number of likely N-dealkylation sites (N-methyl/N-ethyl adjacent to an activating group) is 1. The van der Waals surface area contributed by atoms with Gasteiger partial charge in [0.25, 0.3) is 0 Å². The summed E-state index contributed by atoms with van der Waals surface area (Å²) in [7, 11) is 0. The van der Waals surface area contributed by atoms with E-state index in [0.29, 0.717) is 23.0 Å². The fraction of sp³-hybridized carbons (Fsp3) is 0.429. The molecule has 1 unspecified atom stereocenters. The van der Waals surface area contributed by atoms with E-state index in [0.717, 1.165) is 35.4 Å². The maximum absolute atomic E-state index is 12.6. The summed E-state index contributed by atoms with van der Waals surface area (Å²) in [4.78, 5) is 29.5. The Morgan fingerprint density at radius 3 is 2.63 bits per heavy atom. The number of halogens is 1. The molecule has 0 radical (unpaired) electrons. The molecule has 2 aliphatic heterocycles. The number of hydrogen-bond donors (Lipinski definition) is 1. The van der Waals surface area contributed by atoms with Gasteiger partial charge in [-0.25, -0.2) is 0 Å². The lowest BCUT2D eigenvalue weighted by molar-refractivity contribution is -0.117. The Hall–Kier alpha value is -1.69. The average Bonchev–Trinajstić information content (AvgIpc) is 3.13. The summed E-state index contributed by atoms with van der Waals surface area (Å²) in [6.45, 7) is 3.15. The summed E-state index contributed by atoms with van der Waals surface area (Å²) in [5.41, 5.74) is 8.42. The summed E-state index contributed by atoms with van der Waals surface area (Å²) >= 11 is 7.53. The Morgan fingerprint density at radius 2 is 1.96 bits per heavy atom. The van der Waals surface area contributed by atoms with Gasteiger partial charge in [0, 0.05) is 39.7 Å². The number of amides is 1. The molecule has 27 heavy (non-hydrogen) atoms. The largest absolute Gasteiger partial charge is 0.366 e. The van der Waals surface area contributed by atoms with Gasteiger partial charge in [0.15, 0.2) is 0 Å². The van der Waals surface area contributed by atoms with Gasteiger partial charge >= 0.3 is 0 Å². The lowest BCUT2D eigenvalue weighted by Crippen LogP contribution is -2.37. The molecule has 0 saturated carbocycles. The topological polar surface area (TPSA) is 63.4 Å². The number of carbonyl (C=O) groups excluding carboxylic acids is 2. The molecule has 4 nitrogen and oxygen atoms in total. The summed E-state index contributed by atoms with van der Waals surface area (Å²) in [6.07, 6.45) is 3.81. The van der Waals surface area contributed by atoms with E-state index in [1.807, 2.05) is 12.1 Å². The highest BCUT2D eigenvalue weighted by Gasteiger charge is 2.42. The third kappa shape index (κ3) is 3.44. The summed E-state index contributed by atoms with van der Waals surface area (Å²) in [5, 5.41) is 0.656. The lowest BCUT2D eigenvalue weighted by atomic mass is 9.94. The van der Waals surface area contributed by atoms with E-state index in [-0.39, 0.29) is 18.2 Å². The summed E-state index contributed by atoms with van der Waals surface area (Å²) in [6, 6.07) is 8.16. The second kappa shape index (κ2) is 7.38. The van der Waals surface area contributed by atoms with Gasteiger partial charge in [-0.2, -0.15) is 0 Å². The Bertz CT molecular complexity index is 890. The van der Waals surface area contributed by atoms with Crippen molar-refractivity contribution in [2.45, 2.75) is 51.1 Å². The molecule has 2 bridgehead atoms. The van der Waals surface area contributed by atoms with Gasteiger partial charge in [-0.15, -0.1) is 11.3 Å². The summed E-state index contributed by atoms with van der Waals surface area (Å²) in [5.74, 6) is -0.306. The molecule has 1 fully saturated rings. The molecule has 1 aromatic heterocycles. The molecule has 2 aliphatic rings. The van der Waals surface area contributed by atoms with Crippen molar-refractivity contribution in [2.75, 3.05) is 6.54 Å². The SMILES string of the molecule is CCN1C2CC[C@@H]1Cc1sc(CC(=O)Cc3ccc(Cl)cc3)c(C(N)=O)c12. The van der Waals surface area contributed by atoms with Crippen LogP contribution in [0.2, 0.25) is 5.02 Å². The van der Waals surface area contributed by atoms with E-state index >= 15 is 0 Å². The number of nitrogens with zero attached hydrogens (tertiary/aromatic N) is 1. The minimum atomic E-state index is -0.400. The number of Topliss-reactive ketones (excluding diaryl/α,β-unsaturated/α-hetero) is 1. The van der Waals surface area contributed by atoms with Crippen LogP contribution in [-0.2, 0) is 24.1 Å². The van der Waals surface area contributed by atoms with Crippen molar-refractivity contribution in [3.63, 3.8) is 0 Å². The quantitative estimate of drug-likeness (QED) is 0.796. The van der Waals surface area contributed by atoms with Crippen molar-refractivity contribution in [1.82, 2.24) is 4.90 Å². The van der Waals surface area contributed by atoms with E-state index in [1.165, 1.54) is 11.3 Å². The molecule has 1 saturated heterocycles. The number of hydrogen-bond acceptors (Lipinski definition) is 4. The van der Waals surface area contributed by atoms with Gasteiger partial charge in [0.1, 0.15) is 5.78 Å². The molecule has 1 aromatic carbocycles. The first-order chi connectivity index (χ1) is 13.0. The van der Waals surface area contributed by atoms with Gasteiger partial charge in [-0.1, -0.05) is 30.7 Å². The molecule has 4 rings (SSSR count). The van der Waals surface area contributed by atoms with Gasteiger partial charge in [-0.05, 0) is 49.1 Å². The highest BCUT2D eigenvalue weighted by atomic mass is 35.5. The fourth-order valence-electron chi connectivity index (χ4n) is 4.67. The minimum Gasteiger partial charge on any atom is -0.366 e. The predicted octanol–water partition coefficient (Wildman–Crippen LogP) is 3.94. The Kier molecular flexibility index (Phi) is 5.10. The zero-order valence-electron chi connectivity index (χ0n) is 15.3. The monoisotopic (exact) mass is 402 g/mol. The number of nitrogens with two attached hydrogens (primary N) is 1. The van der Waals surface area contributed by atoms with Crippen molar-refractivity contribution in [1.29, 1.82) is 0 Å². The standard InChI is InChI=1S/C21H23ClN2O2S/c1-2-24-14-7-8-16(24)19-17(10-14)27-18(20(19)21(23)26)11-15(25)9-12-3-5-13(22)6-4-12/h3-6,14,16H,2,7-11H2,1H3,(H2,23,26)/t14-,16?/m1/s1. The second-order valence-corrected chi connectivity index (χ2v) is 9.03. The Morgan fingerprint density at radius 1 is 1.22 bits per heavy atom. The molecule has 1 amide bonds. The van der Waals surface area contributed by atoms with Crippen LogP contribution in [0.1, 0.15) is 57.0 Å². The number of ketones is 1. The molecule has 3 heterocycles. The molecular weight excluding hydrogens is 380 g/mol. The first-order valence-electron chi connectivity index (χ1n) is 9.44. The van der Waals surface area contributed by atoms with Crippen LogP contribution in [0, 0.1) is 0 Å². The normalized spacial score (nSPS) is 21.3. The fourth-order valence-corrected chi connectivity index (χ4v) is 6.27. The maximum atomic E-state index is 12.6. The van der Waals surface area contributed by atoms with E-state index in [1.54, 1.807) is 23.5 Å². The smallest absolute Gasteiger partial charge is 0.250 e. The Labute approximate surface area is 168 Å². The average molecular weight is 403 g/mol. The van der Waals surface area contributed by atoms with Crippen molar-refractivity contribution in [2.24, 2.45) is 5.73 Å². The molecule has 0 aliphatic carbocycles. The zero-order valence-corrected chi connectivity index (χ0v) is 16.9.